The summed E-state index contributed by atoms with van der Waals surface area (Å²) in [5, 5.41) is 13.4. The molecule has 0 bridgehead atoms. The molecule has 3 heteroatoms. The number of hydrogen-bond acceptors (Lipinski definition) is 3. The summed E-state index contributed by atoms with van der Waals surface area (Å²) in [6.45, 7) is 3.92. The molecule has 0 heterocycles. The first-order valence-electron chi connectivity index (χ1n) is 6.83. The lowest BCUT2D eigenvalue weighted by atomic mass is 9.90. The van der Waals surface area contributed by atoms with Crippen LogP contribution in [-0.2, 0) is 5.54 Å². The third-order valence-electron chi connectivity index (χ3n) is 3.80. The molecule has 1 aromatic rings. The van der Waals surface area contributed by atoms with E-state index in [1.165, 1.54) is 18.4 Å². The van der Waals surface area contributed by atoms with Crippen molar-refractivity contribution in [3.63, 3.8) is 0 Å². The first-order valence-corrected chi connectivity index (χ1v) is 6.83. The molecule has 0 aromatic heterocycles. The van der Waals surface area contributed by atoms with Crippen molar-refractivity contribution in [1.29, 1.82) is 0 Å². The Morgan fingerprint density at radius 2 is 2.00 bits per heavy atom. The van der Waals surface area contributed by atoms with Gasteiger partial charge in [0, 0.05) is 12.6 Å². The van der Waals surface area contributed by atoms with Crippen molar-refractivity contribution in [2.75, 3.05) is 26.7 Å². The van der Waals surface area contributed by atoms with Gasteiger partial charge < -0.3 is 15.3 Å². The number of nitrogens with one attached hydrogen (secondary N) is 1. The van der Waals surface area contributed by atoms with E-state index in [0.29, 0.717) is 6.04 Å². The fraction of sp³-hybridized carbons (Fsp3) is 0.600. The van der Waals surface area contributed by atoms with E-state index >= 15 is 0 Å². The Kier molecular flexibility index (Phi) is 4.38. The molecule has 2 rings (SSSR count). The van der Waals surface area contributed by atoms with E-state index in [0.717, 1.165) is 13.1 Å². The Hall–Kier alpha value is -0.900. The molecule has 0 radical (unpaired) electrons. The first kappa shape index (κ1) is 13.5. The van der Waals surface area contributed by atoms with Gasteiger partial charge >= 0.3 is 0 Å². The van der Waals surface area contributed by atoms with Crippen LogP contribution in [0.15, 0.2) is 30.3 Å². The number of aliphatic hydroxyl groups is 1. The fourth-order valence-electron chi connectivity index (χ4n) is 2.61. The van der Waals surface area contributed by atoms with Crippen LogP contribution in [-0.4, -0.2) is 42.8 Å². The molecule has 0 aliphatic heterocycles. The van der Waals surface area contributed by atoms with Crippen LogP contribution < -0.4 is 5.32 Å². The Morgan fingerprint density at radius 1 is 1.33 bits per heavy atom. The zero-order valence-corrected chi connectivity index (χ0v) is 11.4. The highest BCUT2D eigenvalue weighted by Gasteiger charge is 2.36. The fourth-order valence-corrected chi connectivity index (χ4v) is 2.61. The van der Waals surface area contributed by atoms with Crippen LogP contribution in [0.4, 0.5) is 0 Å². The number of nitrogens with zero attached hydrogens (tertiary/aromatic N) is 1. The predicted octanol–water partition coefficient (Wildman–Crippen LogP) is 1.58. The Bertz CT molecular complexity index is 364. The average molecular weight is 248 g/mol. The monoisotopic (exact) mass is 248 g/mol. The molecular weight excluding hydrogens is 224 g/mol. The molecule has 18 heavy (non-hydrogen) atoms. The van der Waals surface area contributed by atoms with Gasteiger partial charge in [0.15, 0.2) is 0 Å². The summed E-state index contributed by atoms with van der Waals surface area (Å²) in [6, 6.07) is 11.0. The number of aliphatic hydroxyl groups excluding tert-OH is 1. The average Bonchev–Trinajstić information content (AvgIpc) is 3.23. The minimum absolute atomic E-state index is 0.127. The van der Waals surface area contributed by atoms with Gasteiger partial charge in [0.25, 0.3) is 0 Å². The van der Waals surface area contributed by atoms with E-state index in [1.807, 2.05) is 18.2 Å². The van der Waals surface area contributed by atoms with E-state index in [2.05, 4.69) is 36.3 Å². The second-order valence-electron chi connectivity index (χ2n) is 5.28. The molecule has 0 amide bonds. The van der Waals surface area contributed by atoms with E-state index in [9.17, 15) is 5.11 Å². The molecule has 1 unspecified atom stereocenters. The highest BCUT2D eigenvalue weighted by atomic mass is 16.3. The van der Waals surface area contributed by atoms with Crippen LogP contribution >= 0.6 is 0 Å². The second-order valence-corrected chi connectivity index (χ2v) is 5.28. The number of likely N-dealkylation sites (N-methyl/N-ethyl adjacent to an activating group) is 2. The summed E-state index contributed by atoms with van der Waals surface area (Å²) >= 11 is 0. The molecule has 1 aliphatic carbocycles. The molecule has 1 fully saturated rings. The first-order chi connectivity index (χ1) is 8.72. The molecule has 100 valence electrons. The molecule has 0 spiro atoms. The number of rotatable bonds is 7. The maximum atomic E-state index is 9.92. The van der Waals surface area contributed by atoms with Gasteiger partial charge in [-0.05, 0) is 32.0 Å². The Morgan fingerprint density at radius 3 is 2.50 bits per heavy atom. The molecule has 1 aromatic carbocycles. The quantitative estimate of drug-likeness (QED) is 0.769. The van der Waals surface area contributed by atoms with E-state index in [1.54, 1.807) is 0 Å². The van der Waals surface area contributed by atoms with Crippen molar-refractivity contribution < 1.29 is 5.11 Å². The predicted molar refractivity (Wildman–Crippen MR) is 74.5 cm³/mol. The SMILES string of the molecule is CCNC(CO)(CN(C)C1CC1)c1ccccc1. The van der Waals surface area contributed by atoms with Crippen LogP contribution in [0.1, 0.15) is 25.3 Å². The van der Waals surface area contributed by atoms with Crippen molar-refractivity contribution in [2.45, 2.75) is 31.3 Å². The van der Waals surface area contributed by atoms with Gasteiger partial charge in [0.05, 0.1) is 12.1 Å². The summed E-state index contributed by atoms with van der Waals surface area (Å²) in [5.74, 6) is 0. The van der Waals surface area contributed by atoms with Crippen LogP contribution in [0.5, 0.6) is 0 Å². The van der Waals surface area contributed by atoms with Crippen molar-refractivity contribution in [1.82, 2.24) is 10.2 Å². The van der Waals surface area contributed by atoms with Gasteiger partial charge in [-0.25, -0.2) is 0 Å². The third-order valence-corrected chi connectivity index (χ3v) is 3.80. The Labute approximate surface area is 110 Å². The van der Waals surface area contributed by atoms with Gasteiger partial charge in [-0.3, -0.25) is 0 Å². The summed E-state index contributed by atoms with van der Waals surface area (Å²) in [4.78, 5) is 2.37. The van der Waals surface area contributed by atoms with Crippen LogP contribution in [0.2, 0.25) is 0 Å². The highest BCUT2D eigenvalue weighted by molar-refractivity contribution is 5.25. The minimum atomic E-state index is -0.340. The number of benzene rings is 1. The maximum absolute atomic E-state index is 9.92. The molecule has 1 aliphatic rings. The second kappa shape index (κ2) is 5.83. The molecule has 1 atom stereocenters. The minimum Gasteiger partial charge on any atom is -0.394 e. The van der Waals surface area contributed by atoms with Crippen LogP contribution in [0.25, 0.3) is 0 Å². The van der Waals surface area contributed by atoms with E-state index in [4.69, 9.17) is 0 Å². The van der Waals surface area contributed by atoms with Crippen molar-refractivity contribution in [3.8, 4) is 0 Å². The van der Waals surface area contributed by atoms with Crippen LogP contribution in [0.3, 0.4) is 0 Å². The molecule has 2 N–H and O–H groups in total. The molecule has 0 saturated heterocycles. The normalized spacial score (nSPS) is 18.9. The van der Waals surface area contributed by atoms with Crippen molar-refractivity contribution in [3.05, 3.63) is 35.9 Å². The lowest BCUT2D eigenvalue weighted by Gasteiger charge is -2.37. The smallest absolute Gasteiger partial charge is 0.0797 e. The molecule has 3 nitrogen and oxygen atoms in total. The largest absolute Gasteiger partial charge is 0.394 e. The number of hydrogen-bond donors (Lipinski definition) is 2. The molecule has 1 saturated carbocycles. The van der Waals surface area contributed by atoms with E-state index < -0.39 is 0 Å². The van der Waals surface area contributed by atoms with Gasteiger partial charge in [-0.1, -0.05) is 37.3 Å². The standard InChI is InChI=1S/C15H24N2O/c1-3-16-15(12-18,11-17(2)14-9-10-14)13-7-5-4-6-8-13/h4-8,14,16,18H,3,9-12H2,1-2H3. The summed E-state index contributed by atoms with van der Waals surface area (Å²) in [5.41, 5.74) is 0.828. The zero-order chi connectivity index (χ0) is 13.0. The summed E-state index contributed by atoms with van der Waals surface area (Å²) in [7, 11) is 2.16. The van der Waals surface area contributed by atoms with Crippen molar-refractivity contribution >= 4 is 0 Å². The van der Waals surface area contributed by atoms with E-state index in [-0.39, 0.29) is 12.1 Å². The van der Waals surface area contributed by atoms with Gasteiger partial charge in [0.1, 0.15) is 0 Å². The summed E-state index contributed by atoms with van der Waals surface area (Å²) < 4.78 is 0. The van der Waals surface area contributed by atoms with Gasteiger partial charge in [-0.15, -0.1) is 0 Å². The summed E-state index contributed by atoms with van der Waals surface area (Å²) in [6.07, 6.45) is 2.58. The zero-order valence-electron chi connectivity index (χ0n) is 11.4. The Balaban J connectivity index is 2.20. The lowest BCUT2D eigenvalue weighted by Crippen LogP contribution is -2.53. The molecular formula is C15H24N2O. The van der Waals surface area contributed by atoms with Crippen molar-refractivity contribution in [2.24, 2.45) is 0 Å². The van der Waals surface area contributed by atoms with Crippen LogP contribution in [0, 0.1) is 0 Å². The topological polar surface area (TPSA) is 35.5 Å². The van der Waals surface area contributed by atoms with Gasteiger partial charge in [-0.2, -0.15) is 0 Å². The highest BCUT2D eigenvalue weighted by Crippen LogP contribution is 2.29. The maximum Gasteiger partial charge on any atom is 0.0797 e. The van der Waals surface area contributed by atoms with Gasteiger partial charge in [0.2, 0.25) is 0 Å². The third kappa shape index (κ3) is 2.91. The lowest BCUT2D eigenvalue weighted by molar-refractivity contribution is 0.116.